The van der Waals surface area contributed by atoms with Crippen LogP contribution in [0.3, 0.4) is 0 Å². The number of nitrogens with two attached hydrogens (primary N) is 1. The molecule has 11 heteroatoms. The Hall–Kier alpha value is -4.87. The van der Waals surface area contributed by atoms with Crippen LogP contribution in [0.25, 0.3) is 17.1 Å². The highest BCUT2D eigenvalue weighted by atomic mass is 16.5. The lowest BCUT2D eigenvalue weighted by Crippen LogP contribution is -2.36. The first-order chi connectivity index (χ1) is 21.5. The van der Waals surface area contributed by atoms with E-state index in [4.69, 9.17) is 24.7 Å². The van der Waals surface area contributed by atoms with Crippen LogP contribution in [-0.4, -0.2) is 84.3 Å². The minimum Gasteiger partial charge on any atom is -0.493 e. The van der Waals surface area contributed by atoms with Gasteiger partial charge < -0.3 is 29.6 Å². The molecule has 0 unspecified atom stereocenters. The van der Waals surface area contributed by atoms with Gasteiger partial charge in [-0.1, -0.05) is 12.1 Å². The van der Waals surface area contributed by atoms with Gasteiger partial charge in [-0.25, -0.2) is 4.98 Å². The number of aromatic nitrogens is 2. The largest absolute Gasteiger partial charge is 0.493 e. The Kier molecular flexibility index (Phi) is 8.76. The van der Waals surface area contributed by atoms with Gasteiger partial charge in [-0.3, -0.25) is 19.1 Å². The molecule has 0 atom stereocenters. The first kappa shape index (κ1) is 29.2. The summed E-state index contributed by atoms with van der Waals surface area (Å²) in [5, 5.41) is 0. The second-order valence-electron chi connectivity index (χ2n) is 10.7. The lowest BCUT2D eigenvalue weighted by atomic mass is 10.1. The van der Waals surface area contributed by atoms with Crippen LogP contribution < -0.4 is 19.9 Å². The van der Waals surface area contributed by atoms with Crippen molar-refractivity contribution in [3.63, 3.8) is 0 Å². The number of ether oxygens (including phenoxy) is 4. The fourth-order valence-electron chi connectivity index (χ4n) is 5.53. The van der Waals surface area contributed by atoms with E-state index in [-0.39, 0.29) is 19.1 Å². The van der Waals surface area contributed by atoms with Crippen LogP contribution >= 0.6 is 0 Å². The molecule has 0 saturated carbocycles. The summed E-state index contributed by atoms with van der Waals surface area (Å²) in [5.74, 6) is 1.52. The molecule has 3 heterocycles. The van der Waals surface area contributed by atoms with Crippen LogP contribution in [0.2, 0.25) is 0 Å². The van der Waals surface area contributed by atoms with Gasteiger partial charge in [0.1, 0.15) is 18.2 Å². The molecule has 0 radical (unpaired) electrons. The zero-order chi connectivity index (χ0) is 30.5. The summed E-state index contributed by atoms with van der Waals surface area (Å²) in [6, 6.07) is 18.9. The number of amides is 2. The molecule has 4 aromatic rings. The van der Waals surface area contributed by atoms with E-state index in [1.165, 1.54) is 0 Å². The Bertz CT molecular complexity index is 1650. The standard InChI is InChI=1S/C33H35N5O6/c1-41-29-6-5-25-19-30(29)43-14-11-37(33(40)26-3-2-4-28(18-26)44-22-31(34)39)21-24-15-23(20-36-9-12-42-13-10-36)16-27(17-24)38-8-7-35-32(25)38/h2-8,15-19H,9-14,20-22H2,1H3,(H2,34,39). The number of imidazole rings is 1. The highest BCUT2D eigenvalue weighted by Gasteiger charge is 2.21. The number of benzene rings is 3. The van der Waals surface area contributed by atoms with Crippen LogP contribution in [-0.2, 0) is 22.6 Å². The third-order valence-corrected chi connectivity index (χ3v) is 7.63. The zero-order valence-corrected chi connectivity index (χ0v) is 24.6. The zero-order valence-electron chi connectivity index (χ0n) is 24.6. The van der Waals surface area contributed by atoms with Crippen LogP contribution in [0.5, 0.6) is 17.2 Å². The van der Waals surface area contributed by atoms with E-state index in [1.54, 1.807) is 42.5 Å². The maximum Gasteiger partial charge on any atom is 0.255 e. The normalized spacial score (nSPS) is 15.2. The predicted octanol–water partition coefficient (Wildman–Crippen LogP) is 3.28. The molecule has 2 aliphatic rings. The average Bonchev–Trinajstić information content (AvgIpc) is 3.53. The van der Waals surface area contributed by atoms with Crippen molar-refractivity contribution in [2.75, 3.05) is 53.2 Å². The lowest BCUT2D eigenvalue weighted by molar-refractivity contribution is -0.119. The summed E-state index contributed by atoms with van der Waals surface area (Å²) in [6.07, 6.45) is 3.72. The molecule has 1 fully saturated rings. The molecule has 0 aliphatic carbocycles. The van der Waals surface area contributed by atoms with Crippen molar-refractivity contribution in [2.24, 2.45) is 5.73 Å². The van der Waals surface area contributed by atoms with Crippen LogP contribution in [0.15, 0.2) is 73.1 Å². The van der Waals surface area contributed by atoms with Crippen molar-refractivity contribution < 1.29 is 28.5 Å². The highest BCUT2D eigenvalue weighted by molar-refractivity contribution is 5.94. The Morgan fingerprint density at radius 2 is 1.86 bits per heavy atom. The third kappa shape index (κ3) is 6.69. The number of methoxy groups -OCH3 is 1. The van der Waals surface area contributed by atoms with E-state index in [0.29, 0.717) is 49.1 Å². The average molecular weight is 598 g/mol. The molecule has 2 aliphatic heterocycles. The van der Waals surface area contributed by atoms with Crippen LogP contribution in [0.4, 0.5) is 0 Å². The molecule has 1 aromatic heterocycles. The number of rotatable bonds is 7. The first-order valence-corrected chi connectivity index (χ1v) is 14.5. The van der Waals surface area contributed by atoms with Gasteiger partial charge in [0.15, 0.2) is 18.1 Å². The lowest BCUT2D eigenvalue weighted by Gasteiger charge is -2.27. The van der Waals surface area contributed by atoms with Crippen LogP contribution in [0.1, 0.15) is 21.5 Å². The number of hydrogen-bond acceptors (Lipinski definition) is 8. The molecule has 44 heavy (non-hydrogen) atoms. The van der Waals surface area contributed by atoms with E-state index in [1.807, 2.05) is 24.4 Å². The van der Waals surface area contributed by atoms with Gasteiger partial charge in [0.25, 0.3) is 11.8 Å². The second kappa shape index (κ2) is 13.2. The Balaban J connectivity index is 1.40. The van der Waals surface area contributed by atoms with E-state index >= 15 is 0 Å². The van der Waals surface area contributed by atoms with Crippen LogP contribution in [0, 0.1) is 0 Å². The number of primary amides is 1. The van der Waals surface area contributed by atoms with E-state index in [0.717, 1.165) is 47.8 Å². The van der Waals surface area contributed by atoms with Gasteiger partial charge in [0.05, 0.1) is 26.9 Å². The molecular formula is C33H35N5O6. The molecule has 2 N–H and O–H groups in total. The molecule has 2 amide bonds. The molecule has 6 rings (SSSR count). The van der Waals surface area contributed by atoms with Gasteiger partial charge >= 0.3 is 0 Å². The maximum absolute atomic E-state index is 14.0. The SMILES string of the molecule is COc1ccc2cc1OCCN(C(=O)c1cccc(OCC(N)=O)c1)Cc1cc(CN3CCOCC3)cc(c1)-n1ccnc1-2. The number of carbonyl (C=O) groups is 2. The number of hydrogen-bond donors (Lipinski definition) is 1. The topological polar surface area (TPSA) is 121 Å². The van der Waals surface area contributed by atoms with Crippen molar-refractivity contribution in [1.29, 1.82) is 0 Å². The number of carbonyl (C=O) groups excluding carboxylic acids is 2. The number of nitrogens with zero attached hydrogens (tertiary/aromatic N) is 4. The van der Waals surface area contributed by atoms with Gasteiger partial charge in [0, 0.05) is 55.4 Å². The van der Waals surface area contributed by atoms with Crippen molar-refractivity contribution in [3.05, 3.63) is 89.7 Å². The molecule has 228 valence electrons. The van der Waals surface area contributed by atoms with Gasteiger partial charge in [0.2, 0.25) is 0 Å². The fourth-order valence-corrected chi connectivity index (χ4v) is 5.53. The molecule has 1 saturated heterocycles. The molecule has 0 spiro atoms. The summed E-state index contributed by atoms with van der Waals surface area (Å²) in [7, 11) is 1.60. The third-order valence-electron chi connectivity index (χ3n) is 7.63. The van der Waals surface area contributed by atoms with E-state index in [9.17, 15) is 9.59 Å². The minimum atomic E-state index is -0.592. The van der Waals surface area contributed by atoms with Gasteiger partial charge in [-0.15, -0.1) is 0 Å². The van der Waals surface area contributed by atoms with Crippen molar-refractivity contribution in [1.82, 2.24) is 19.4 Å². The minimum absolute atomic E-state index is 0.197. The molecule has 4 bridgehead atoms. The smallest absolute Gasteiger partial charge is 0.255 e. The van der Waals surface area contributed by atoms with Crippen molar-refractivity contribution in [2.45, 2.75) is 13.1 Å². The fraction of sp³-hybridized carbons (Fsp3) is 0.303. The number of fused-ring (bicyclic) bond motifs is 7. The van der Waals surface area contributed by atoms with Gasteiger partial charge in [-0.05, 0) is 59.7 Å². The Morgan fingerprint density at radius 3 is 2.68 bits per heavy atom. The summed E-state index contributed by atoms with van der Waals surface area (Å²) in [4.78, 5) is 34.0. The maximum atomic E-state index is 14.0. The molecule has 11 nitrogen and oxygen atoms in total. The van der Waals surface area contributed by atoms with E-state index in [2.05, 4.69) is 32.7 Å². The first-order valence-electron chi connectivity index (χ1n) is 14.5. The summed E-state index contributed by atoms with van der Waals surface area (Å²) in [6.45, 7) is 4.52. The Morgan fingerprint density at radius 1 is 1.00 bits per heavy atom. The molecular weight excluding hydrogens is 562 g/mol. The quantitative estimate of drug-likeness (QED) is 0.345. The highest BCUT2D eigenvalue weighted by Crippen LogP contribution is 2.34. The summed E-state index contributed by atoms with van der Waals surface area (Å²) < 4.78 is 24.9. The monoisotopic (exact) mass is 597 g/mol. The second-order valence-corrected chi connectivity index (χ2v) is 10.7. The summed E-state index contributed by atoms with van der Waals surface area (Å²) >= 11 is 0. The predicted molar refractivity (Wildman–Crippen MR) is 163 cm³/mol. The molecule has 3 aromatic carbocycles. The van der Waals surface area contributed by atoms with Gasteiger partial charge in [-0.2, -0.15) is 0 Å². The summed E-state index contributed by atoms with van der Waals surface area (Å²) in [5.41, 5.74) is 9.61. The Labute approximate surface area is 255 Å². The van der Waals surface area contributed by atoms with E-state index < -0.39 is 5.91 Å². The number of morpholine rings is 1. The van der Waals surface area contributed by atoms with Crippen molar-refractivity contribution >= 4 is 11.8 Å². The van der Waals surface area contributed by atoms with Crippen molar-refractivity contribution in [3.8, 4) is 34.3 Å².